The van der Waals surface area contributed by atoms with Crippen molar-refractivity contribution in [2.75, 3.05) is 0 Å². The maximum absolute atomic E-state index is 9.49. The van der Waals surface area contributed by atoms with Crippen LogP contribution < -0.4 is 4.57 Å². The highest BCUT2D eigenvalue weighted by Gasteiger charge is 2.68. The number of fused-ring (bicyclic) bond motifs is 2. The van der Waals surface area contributed by atoms with Crippen LogP contribution in [0.4, 0.5) is 0 Å². The molecule has 2 saturated carbocycles. The average Bonchev–Trinajstić information content (AvgIpc) is 2.70. The number of pyridine rings is 1. The maximum Gasteiger partial charge on any atom is 0.203 e. The third kappa shape index (κ3) is 1.20. The first kappa shape index (κ1) is 11.7. The fourth-order valence-electron chi connectivity index (χ4n) is 4.18. The number of nitrogens with zero attached hydrogens (tertiary/aromatic N) is 2. The molecule has 3 heteroatoms. The molecule has 2 aliphatic carbocycles. The van der Waals surface area contributed by atoms with Crippen LogP contribution in [0.3, 0.4) is 0 Å². The van der Waals surface area contributed by atoms with Crippen LogP contribution in [0.15, 0.2) is 35.7 Å². The molecular weight excluding hydrogens is 224 g/mol. The summed E-state index contributed by atoms with van der Waals surface area (Å²) in [5, 5.41) is 13.2. The van der Waals surface area contributed by atoms with Crippen molar-refractivity contribution in [2.45, 2.75) is 39.7 Å². The second-order valence-electron chi connectivity index (χ2n) is 6.45. The third-order valence-corrected chi connectivity index (χ3v) is 5.70. The van der Waals surface area contributed by atoms with Crippen molar-refractivity contribution in [3.05, 3.63) is 30.6 Å². The minimum atomic E-state index is 0.0277. The number of hydrogen-bond donors (Lipinski definition) is 1. The van der Waals surface area contributed by atoms with Crippen LogP contribution in [0.25, 0.3) is 0 Å². The normalized spacial score (nSPS) is 39.4. The molecule has 0 amide bonds. The lowest BCUT2D eigenvalue weighted by atomic mass is 9.70. The molecule has 2 fully saturated rings. The molecular formula is C15H21N2O+. The summed E-state index contributed by atoms with van der Waals surface area (Å²) in [5.74, 6) is 0.556. The van der Waals surface area contributed by atoms with Gasteiger partial charge < -0.3 is 5.21 Å². The second kappa shape index (κ2) is 3.56. The summed E-state index contributed by atoms with van der Waals surface area (Å²) < 4.78 is 2.20. The Bertz CT molecular complexity index is 494. The summed E-state index contributed by atoms with van der Waals surface area (Å²) in [6.07, 6.45) is 6.51. The Hall–Kier alpha value is -1.38. The molecule has 0 radical (unpaired) electrons. The van der Waals surface area contributed by atoms with E-state index in [9.17, 15) is 5.21 Å². The summed E-state index contributed by atoms with van der Waals surface area (Å²) in [6.45, 7) is 6.89. The van der Waals surface area contributed by atoms with Gasteiger partial charge in [0.15, 0.2) is 12.4 Å². The summed E-state index contributed by atoms with van der Waals surface area (Å²) in [4.78, 5) is 0. The van der Waals surface area contributed by atoms with Crippen LogP contribution in [0.5, 0.6) is 0 Å². The molecule has 3 nitrogen and oxygen atoms in total. The fourth-order valence-corrected chi connectivity index (χ4v) is 4.18. The quantitative estimate of drug-likeness (QED) is 0.461. The minimum Gasteiger partial charge on any atom is -0.411 e. The van der Waals surface area contributed by atoms with Gasteiger partial charge in [0.05, 0.1) is 0 Å². The van der Waals surface area contributed by atoms with Crippen LogP contribution in [-0.2, 0) is 0 Å². The molecule has 3 atom stereocenters. The third-order valence-electron chi connectivity index (χ3n) is 5.70. The molecule has 2 bridgehead atoms. The van der Waals surface area contributed by atoms with Crippen molar-refractivity contribution in [1.82, 2.24) is 0 Å². The Balaban J connectivity index is 2.13. The summed E-state index contributed by atoms with van der Waals surface area (Å²) in [5.41, 5.74) is 1.18. The highest BCUT2D eigenvalue weighted by molar-refractivity contribution is 5.96. The smallest absolute Gasteiger partial charge is 0.203 e. The van der Waals surface area contributed by atoms with Crippen molar-refractivity contribution in [1.29, 1.82) is 0 Å². The maximum atomic E-state index is 9.49. The van der Waals surface area contributed by atoms with Crippen LogP contribution in [0, 0.1) is 16.7 Å². The van der Waals surface area contributed by atoms with Gasteiger partial charge in [-0.25, -0.2) is 0 Å². The van der Waals surface area contributed by atoms with E-state index in [1.165, 1.54) is 6.42 Å². The van der Waals surface area contributed by atoms with Gasteiger partial charge in [-0.1, -0.05) is 32.0 Å². The first-order valence-corrected chi connectivity index (χ1v) is 6.70. The zero-order valence-corrected chi connectivity index (χ0v) is 11.3. The predicted octanol–water partition coefficient (Wildman–Crippen LogP) is 2.80. The molecule has 0 unspecified atom stereocenters. The number of rotatable bonds is 1. The molecule has 1 aromatic heterocycles. The second-order valence-corrected chi connectivity index (χ2v) is 6.45. The zero-order chi connectivity index (χ0) is 13.0. The van der Waals surface area contributed by atoms with Gasteiger partial charge >= 0.3 is 0 Å². The van der Waals surface area contributed by atoms with Gasteiger partial charge in [0.25, 0.3) is 0 Å². The average molecular weight is 245 g/mol. The van der Waals surface area contributed by atoms with E-state index in [0.29, 0.717) is 5.92 Å². The SMILES string of the molecule is CC1(C)[C@H]2CC[C@]1(C)/C(=N\O)[C@@H]2[n+]1ccccc1. The van der Waals surface area contributed by atoms with E-state index in [-0.39, 0.29) is 16.9 Å². The van der Waals surface area contributed by atoms with Crippen LogP contribution in [-0.4, -0.2) is 10.9 Å². The van der Waals surface area contributed by atoms with E-state index < -0.39 is 0 Å². The Kier molecular flexibility index (Phi) is 2.31. The Labute approximate surface area is 108 Å². The van der Waals surface area contributed by atoms with E-state index in [1.54, 1.807) is 0 Å². The largest absolute Gasteiger partial charge is 0.411 e. The molecule has 3 rings (SSSR count). The lowest BCUT2D eigenvalue weighted by molar-refractivity contribution is -0.713. The van der Waals surface area contributed by atoms with Gasteiger partial charge in [-0.2, -0.15) is 4.57 Å². The van der Waals surface area contributed by atoms with Crippen molar-refractivity contribution < 1.29 is 9.77 Å². The Morgan fingerprint density at radius 3 is 2.50 bits per heavy atom. The Morgan fingerprint density at radius 1 is 1.22 bits per heavy atom. The number of hydrogen-bond acceptors (Lipinski definition) is 2. The molecule has 0 aliphatic heterocycles. The standard InChI is InChI=1S/C15H20N2O/c1-14(2)11-7-8-15(14,3)13(16-18)12(11)17-9-5-4-6-10-17/h4-6,9-12H,7-8H2,1-3H3/p+1/b16-13-/t11-,12+,15+/m0/s1. The topological polar surface area (TPSA) is 36.5 Å². The molecule has 0 aromatic carbocycles. The molecule has 1 aromatic rings. The molecule has 18 heavy (non-hydrogen) atoms. The molecule has 96 valence electrons. The molecule has 1 N–H and O–H groups in total. The van der Waals surface area contributed by atoms with Crippen molar-refractivity contribution in [3.63, 3.8) is 0 Å². The Morgan fingerprint density at radius 2 is 1.89 bits per heavy atom. The number of oxime groups is 1. The first-order chi connectivity index (χ1) is 8.52. The van der Waals surface area contributed by atoms with E-state index in [1.807, 2.05) is 18.2 Å². The fraction of sp³-hybridized carbons (Fsp3) is 0.600. The predicted molar refractivity (Wildman–Crippen MR) is 69.5 cm³/mol. The van der Waals surface area contributed by atoms with Gasteiger partial charge in [0, 0.05) is 23.5 Å². The van der Waals surface area contributed by atoms with Crippen molar-refractivity contribution in [3.8, 4) is 0 Å². The van der Waals surface area contributed by atoms with Gasteiger partial charge in [0.1, 0.15) is 5.71 Å². The van der Waals surface area contributed by atoms with E-state index in [0.717, 1.165) is 12.1 Å². The highest BCUT2D eigenvalue weighted by atomic mass is 16.4. The lowest BCUT2D eigenvalue weighted by Gasteiger charge is -2.32. The monoisotopic (exact) mass is 245 g/mol. The minimum absolute atomic E-state index is 0.0277. The van der Waals surface area contributed by atoms with E-state index in [4.69, 9.17) is 0 Å². The van der Waals surface area contributed by atoms with Gasteiger partial charge in [-0.05, 0) is 18.3 Å². The summed E-state index contributed by atoms with van der Waals surface area (Å²) >= 11 is 0. The van der Waals surface area contributed by atoms with Crippen molar-refractivity contribution in [2.24, 2.45) is 21.9 Å². The lowest BCUT2D eigenvalue weighted by Crippen LogP contribution is -2.47. The summed E-state index contributed by atoms with van der Waals surface area (Å²) in [6, 6.07) is 6.31. The van der Waals surface area contributed by atoms with Gasteiger partial charge in [-0.3, -0.25) is 0 Å². The van der Waals surface area contributed by atoms with E-state index in [2.05, 4.69) is 42.9 Å². The van der Waals surface area contributed by atoms with Gasteiger partial charge in [-0.15, -0.1) is 0 Å². The summed E-state index contributed by atoms with van der Waals surface area (Å²) in [7, 11) is 0. The molecule has 2 aliphatic rings. The molecule has 1 heterocycles. The number of aromatic nitrogens is 1. The molecule has 0 saturated heterocycles. The first-order valence-electron chi connectivity index (χ1n) is 6.70. The molecule has 0 spiro atoms. The van der Waals surface area contributed by atoms with Crippen LogP contribution in [0.2, 0.25) is 0 Å². The highest BCUT2D eigenvalue weighted by Crippen LogP contribution is 2.66. The van der Waals surface area contributed by atoms with E-state index >= 15 is 0 Å². The van der Waals surface area contributed by atoms with Crippen LogP contribution in [0.1, 0.15) is 39.7 Å². The van der Waals surface area contributed by atoms with Gasteiger partial charge in [0.2, 0.25) is 6.04 Å². The van der Waals surface area contributed by atoms with Crippen molar-refractivity contribution >= 4 is 5.71 Å². The van der Waals surface area contributed by atoms with Crippen LogP contribution >= 0.6 is 0 Å². The zero-order valence-electron chi connectivity index (χ0n) is 11.3.